The number of hydrogen-bond acceptors (Lipinski definition) is 5. The fourth-order valence-corrected chi connectivity index (χ4v) is 0. The van der Waals surface area contributed by atoms with Crippen LogP contribution in [0.5, 0.6) is 0 Å². The molecule has 0 saturated heterocycles. The second-order valence-corrected chi connectivity index (χ2v) is 1.30. The van der Waals surface area contributed by atoms with Gasteiger partial charge in [-0.25, -0.2) is 0 Å². The van der Waals surface area contributed by atoms with Crippen molar-refractivity contribution < 1.29 is 55.9 Å². The maximum absolute atomic E-state index is 8.89. The number of aliphatic hydroxyl groups is 1. The van der Waals surface area contributed by atoms with Gasteiger partial charge in [0, 0.05) is 18.5 Å². The van der Waals surface area contributed by atoms with Crippen LogP contribution < -0.4 is 39.8 Å². The molecule has 0 saturated carbocycles. The normalized spacial score (nSPS) is 5.23. The van der Waals surface area contributed by atoms with Gasteiger partial charge in [0.15, 0.2) is 0 Å². The number of carbonyl (C=O) groups excluding carboxylic acids is 2. The monoisotopic (exact) mass is 212 g/mol. The van der Waals surface area contributed by atoms with Gasteiger partial charge in [-0.15, -0.1) is 0 Å². The molecule has 0 bridgehead atoms. The molecule has 0 aromatic carbocycles. The summed E-state index contributed by atoms with van der Waals surface area (Å²) in [6.07, 6.45) is 0. The van der Waals surface area contributed by atoms with Gasteiger partial charge in [0.25, 0.3) is 0 Å². The van der Waals surface area contributed by atoms with Gasteiger partial charge in [0.2, 0.25) is 0 Å². The summed E-state index contributed by atoms with van der Waals surface area (Å²) < 4.78 is 0. The van der Waals surface area contributed by atoms with E-state index in [1.54, 1.807) is 6.92 Å². The Balaban J connectivity index is -0.0000000156. The first-order valence-electron chi connectivity index (χ1n) is 2.84. The maximum Gasteiger partial charge on any atom is 2.00 e. The zero-order valence-electron chi connectivity index (χ0n) is 9.49. The van der Waals surface area contributed by atoms with Crippen molar-refractivity contribution in [2.75, 3.05) is 6.61 Å². The molecule has 0 spiro atoms. The van der Waals surface area contributed by atoms with Gasteiger partial charge >= 0.3 is 52.6 Å². The van der Waals surface area contributed by atoms with E-state index in [2.05, 4.69) is 0 Å². The van der Waals surface area contributed by atoms with Crippen LogP contribution >= 0.6 is 0 Å². The van der Waals surface area contributed by atoms with E-state index < -0.39 is 11.9 Å². The molecule has 13 heavy (non-hydrogen) atoms. The Morgan fingerprint density at radius 1 is 1.23 bits per heavy atom. The summed E-state index contributed by atoms with van der Waals surface area (Å²) >= 11 is 0. The summed E-state index contributed by atoms with van der Waals surface area (Å²) in [4.78, 5) is 17.8. The van der Waals surface area contributed by atoms with Crippen molar-refractivity contribution >= 4 is 35.0 Å². The Morgan fingerprint density at radius 3 is 1.23 bits per heavy atom. The molecule has 0 fully saturated rings. The van der Waals surface area contributed by atoms with Crippen LogP contribution in [0.25, 0.3) is 0 Å². The number of aliphatic carboxylic acids is 2. The van der Waals surface area contributed by atoms with Crippen LogP contribution in [-0.2, 0) is 9.59 Å². The predicted octanol–water partition coefficient (Wildman–Crippen LogP) is -5.75. The van der Waals surface area contributed by atoms with Gasteiger partial charge in [0.1, 0.15) is 0 Å². The Labute approximate surface area is 117 Å². The minimum atomic E-state index is -1.08. The fourth-order valence-electron chi connectivity index (χ4n) is 0. The Kier molecular flexibility index (Phi) is 65.9. The summed E-state index contributed by atoms with van der Waals surface area (Å²) in [7, 11) is 0. The van der Waals surface area contributed by atoms with Crippen molar-refractivity contribution in [3.05, 3.63) is 0 Å². The van der Waals surface area contributed by atoms with Crippen molar-refractivity contribution in [3.8, 4) is 0 Å². The molecule has 1 N–H and O–H groups in total. The average molecular weight is 212 g/mol. The van der Waals surface area contributed by atoms with E-state index in [1.165, 1.54) is 0 Å². The molecule has 70 valence electrons. The molecule has 0 aromatic heterocycles. The number of carboxylic acids is 2. The van der Waals surface area contributed by atoms with Crippen LogP contribution in [0.15, 0.2) is 0 Å². The number of carbonyl (C=O) groups is 2. The topological polar surface area (TPSA) is 100 Å². The second kappa shape index (κ2) is 29.3. The van der Waals surface area contributed by atoms with Crippen molar-refractivity contribution in [1.29, 1.82) is 0 Å². The third-order valence-electron chi connectivity index (χ3n) is 0. The summed E-state index contributed by atoms with van der Waals surface area (Å²) in [5.41, 5.74) is 0. The van der Waals surface area contributed by atoms with E-state index in [0.717, 1.165) is 13.8 Å². The van der Waals surface area contributed by atoms with E-state index in [1.807, 2.05) is 0 Å². The van der Waals surface area contributed by atoms with Crippen LogP contribution in [0.1, 0.15) is 22.2 Å². The van der Waals surface area contributed by atoms with Gasteiger partial charge in [-0.2, -0.15) is 0 Å². The number of aliphatic hydroxyl groups excluding tert-OH is 1. The van der Waals surface area contributed by atoms with E-state index in [-0.39, 0.29) is 60.6 Å². The Morgan fingerprint density at radius 2 is 1.23 bits per heavy atom. The molecular formula is C6H13MgNaO5. The first-order valence-corrected chi connectivity index (χ1v) is 2.84. The van der Waals surface area contributed by atoms with Crippen molar-refractivity contribution in [2.45, 2.75) is 20.8 Å². The number of rotatable bonds is 0. The summed E-state index contributed by atoms with van der Waals surface area (Å²) in [5, 5.41) is 25.3. The Bertz CT molecular complexity index is 94.4. The smallest absolute Gasteiger partial charge is 1.00 e. The van der Waals surface area contributed by atoms with Crippen molar-refractivity contribution in [1.82, 2.24) is 0 Å². The van der Waals surface area contributed by atoms with E-state index in [0.29, 0.717) is 0 Å². The molecule has 0 rings (SSSR count). The Hall–Kier alpha value is 0.666. The minimum absolute atomic E-state index is 0. The molecule has 7 heteroatoms. The number of hydrogen-bond donors (Lipinski definition) is 1. The second-order valence-electron chi connectivity index (χ2n) is 1.30. The largest absolute Gasteiger partial charge is 2.00 e. The molecular weight excluding hydrogens is 199 g/mol. The van der Waals surface area contributed by atoms with Gasteiger partial charge in [-0.05, 0) is 20.8 Å². The first kappa shape index (κ1) is 29.2. The zero-order valence-corrected chi connectivity index (χ0v) is 11.9. The van der Waals surface area contributed by atoms with Crippen LogP contribution in [0, 0.1) is 0 Å². The van der Waals surface area contributed by atoms with Gasteiger partial charge in [0.05, 0.1) is 0 Å². The summed E-state index contributed by atoms with van der Waals surface area (Å²) in [6, 6.07) is 0. The average Bonchev–Trinajstić information content (AvgIpc) is 1.60. The molecule has 0 radical (unpaired) electrons. The molecule has 0 aliphatic heterocycles. The van der Waals surface area contributed by atoms with Crippen LogP contribution in [0.2, 0.25) is 0 Å². The molecule has 0 aliphatic carbocycles. The fraction of sp³-hybridized carbons (Fsp3) is 0.667. The van der Waals surface area contributed by atoms with Crippen LogP contribution in [0.4, 0.5) is 0 Å². The van der Waals surface area contributed by atoms with Crippen LogP contribution in [0.3, 0.4) is 0 Å². The third-order valence-corrected chi connectivity index (χ3v) is 0. The number of carboxylic acid groups (broad SMARTS) is 2. The molecule has 0 aliphatic rings. The quantitative estimate of drug-likeness (QED) is 0.403. The first-order chi connectivity index (χ1) is 4.88. The standard InChI is InChI=1S/2C2H4O2.C2H6O.Mg.Na.H/c2*1-2(3)4;1-2-3;;;/h2*1H3,(H,3,4);3H,2H2,1H3;;;/q;;;+2;+1;-1/p-2. The van der Waals surface area contributed by atoms with Crippen molar-refractivity contribution in [2.24, 2.45) is 0 Å². The summed E-state index contributed by atoms with van der Waals surface area (Å²) in [5.74, 6) is -2.17. The zero-order chi connectivity index (χ0) is 9.86. The van der Waals surface area contributed by atoms with Crippen LogP contribution in [-0.4, -0.2) is 46.7 Å². The minimum Gasteiger partial charge on any atom is -1.00 e. The predicted molar refractivity (Wildman–Crippen MR) is 41.0 cm³/mol. The van der Waals surface area contributed by atoms with E-state index in [4.69, 9.17) is 24.9 Å². The van der Waals surface area contributed by atoms with Crippen molar-refractivity contribution in [3.63, 3.8) is 0 Å². The molecule has 0 amide bonds. The molecule has 0 atom stereocenters. The van der Waals surface area contributed by atoms with Gasteiger partial charge in [-0.1, -0.05) is 0 Å². The molecule has 0 heterocycles. The molecule has 0 unspecified atom stereocenters. The SMILES string of the molecule is CC(=O)[O-].CC(=O)[O-].CCO.[H-].[Mg+2].[Na+]. The molecule has 5 nitrogen and oxygen atoms in total. The molecule has 0 aromatic rings. The van der Waals surface area contributed by atoms with Gasteiger partial charge < -0.3 is 26.3 Å². The maximum atomic E-state index is 8.89. The third kappa shape index (κ3) is 3250. The van der Waals surface area contributed by atoms with E-state index in [9.17, 15) is 0 Å². The summed E-state index contributed by atoms with van der Waals surface area (Å²) in [6.45, 7) is 3.88. The van der Waals surface area contributed by atoms with E-state index >= 15 is 0 Å². The van der Waals surface area contributed by atoms with Gasteiger partial charge in [-0.3, -0.25) is 0 Å².